The third-order valence-corrected chi connectivity index (χ3v) is 2.92. The van der Waals surface area contributed by atoms with Crippen LogP contribution in [-0.4, -0.2) is 38.8 Å². The number of nitrogens with one attached hydrogen (secondary N) is 2. The maximum atomic E-state index is 11.4. The summed E-state index contributed by atoms with van der Waals surface area (Å²) >= 11 is 0. The number of hydrogen-bond donors (Lipinski definition) is 2. The van der Waals surface area contributed by atoms with Gasteiger partial charge in [0.05, 0.1) is 12.0 Å². The molecule has 0 radical (unpaired) electrons. The maximum Gasteiger partial charge on any atom is 0.225 e. The number of amides is 1. The Bertz CT molecular complexity index is 191. The topological polar surface area (TPSA) is 50.4 Å². The largest absolute Gasteiger partial charge is 0.379 e. The summed E-state index contributed by atoms with van der Waals surface area (Å²) < 4.78 is 5.40. The Morgan fingerprint density at radius 3 is 2.79 bits per heavy atom. The zero-order valence-electron chi connectivity index (χ0n) is 9.17. The van der Waals surface area contributed by atoms with Gasteiger partial charge in [-0.3, -0.25) is 4.79 Å². The highest BCUT2D eigenvalue weighted by Gasteiger charge is 2.32. The summed E-state index contributed by atoms with van der Waals surface area (Å²) in [5.74, 6) is -0.0499. The van der Waals surface area contributed by atoms with E-state index in [4.69, 9.17) is 4.74 Å². The van der Waals surface area contributed by atoms with Crippen LogP contribution in [0.2, 0.25) is 0 Å². The molecule has 2 unspecified atom stereocenters. The minimum atomic E-state index is -0.0967. The van der Waals surface area contributed by atoms with Crippen molar-refractivity contribution in [2.24, 2.45) is 5.92 Å². The summed E-state index contributed by atoms with van der Waals surface area (Å²) in [6.07, 6.45) is 2.25. The molecule has 1 fully saturated rings. The van der Waals surface area contributed by atoms with Crippen molar-refractivity contribution in [2.75, 3.05) is 20.7 Å². The van der Waals surface area contributed by atoms with E-state index in [1.807, 2.05) is 6.92 Å². The Labute approximate surface area is 85.4 Å². The Morgan fingerprint density at radius 1 is 1.64 bits per heavy atom. The van der Waals surface area contributed by atoms with Crippen molar-refractivity contribution in [2.45, 2.75) is 31.9 Å². The molecule has 0 aromatic rings. The first kappa shape index (κ1) is 11.5. The molecule has 3 atom stereocenters. The van der Waals surface area contributed by atoms with E-state index in [2.05, 4.69) is 10.6 Å². The molecular formula is C10H20N2O2. The molecule has 14 heavy (non-hydrogen) atoms. The van der Waals surface area contributed by atoms with E-state index in [1.165, 1.54) is 6.42 Å². The molecular weight excluding hydrogens is 180 g/mol. The van der Waals surface area contributed by atoms with E-state index in [9.17, 15) is 4.79 Å². The van der Waals surface area contributed by atoms with Crippen LogP contribution < -0.4 is 10.6 Å². The average molecular weight is 200 g/mol. The first-order valence-electron chi connectivity index (χ1n) is 5.18. The van der Waals surface area contributed by atoms with Gasteiger partial charge in [-0.2, -0.15) is 0 Å². The van der Waals surface area contributed by atoms with Crippen molar-refractivity contribution in [3.05, 3.63) is 0 Å². The molecule has 1 aliphatic rings. The molecule has 4 nitrogen and oxygen atoms in total. The number of methoxy groups -OCH3 is 1. The van der Waals surface area contributed by atoms with Crippen LogP contribution in [0.25, 0.3) is 0 Å². The van der Waals surface area contributed by atoms with Crippen molar-refractivity contribution in [1.29, 1.82) is 0 Å². The van der Waals surface area contributed by atoms with E-state index >= 15 is 0 Å². The van der Waals surface area contributed by atoms with Gasteiger partial charge in [-0.05, 0) is 19.4 Å². The van der Waals surface area contributed by atoms with Crippen LogP contribution in [-0.2, 0) is 9.53 Å². The van der Waals surface area contributed by atoms with Crippen molar-refractivity contribution in [1.82, 2.24) is 10.6 Å². The fourth-order valence-corrected chi connectivity index (χ4v) is 2.09. The Kier molecular flexibility index (Phi) is 4.35. The van der Waals surface area contributed by atoms with Crippen LogP contribution >= 0.6 is 0 Å². The maximum absolute atomic E-state index is 11.4. The molecule has 0 spiro atoms. The molecule has 1 saturated heterocycles. The minimum absolute atomic E-state index is 0.0163. The molecule has 2 N–H and O–H groups in total. The number of carbonyl (C=O) groups is 1. The summed E-state index contributed by atoms with van der Waals surface area (Å²) in [4.78, 5) is 11.4. The Hall–Kier alpha value is -0.610. The van der Waals surface area contributed by atoms with Gasteiger partial charge in [-0.15, -0.1) is 0 Å². The highest BCUT2D eigenvalue weighted by molar-refractivity contribution is 5.78. The minimum Gasteiger partial charge on any atom is -0.379 e. The second-order valence-corrected chi connectivity index (χ2v) is 3.81. The highest BCUT2D eigenvalue weighted by Crippen LogP contribution is 2.18. The molecule has 1 rings (SSSR count). The van der Waals surface area contributed by atoms with Crippen LogP contribution in [0, 0.1) is 5.92 Å². The van der Waals surface area contributed by atoms with Gasteiger partial charge >= 0.3 is 0 Å². The first-order valence-corrected chi connectivity index (χ1v) is 5.18. The number of hydrogen-bond acceptors (Lipinski definition) is 3. The van der Waals surface area contributed by atoms with E-state index in [1.54, 1.807) is 14.2 Å². The Morgan fingerprint density at radius 2 is 2.36 bits per heavy atom. The molecule has 4 heteroatoms. The lowest BCUT2D eigenvalue weighted by Gasteiger charge is -2.27. The van der Waals surface area contributed by atoms with Gasteiger partial charge in [0.2, 0.25) is 5.91 Å². The van der Waals surface area contributed by atoms with Crippen molar-refractivity contribution < 1.29 is 9.53 Å². The van der Waals surface area contributed by atoms with Gasteiger partial charge in [0.1, 0.15) is 0 Å². The van der Waals surface area contributed by atoms with Crippen molar-refractivity contribution >= 4 is 5.91 Å². The van der Waals surface area contributed by atoms with Crippen LogP contribution in [0.5, 0.6) is 0 Å². The fourth-order valence-electron chi connectivity index (χ4n) is 2.09. The zero-order chi connectivity index (χ0) is 10.6. The Balaban J connectivity index is 2.55. The van der Waals surface area contributed by atoms with Crippen LogP contribution in [0.4, 0.5) is 0 Å². The molecule has 0 aromatic carbocycles. The fraction of sp³-hybridized carbons (Fsp3) is 0.900. The molecule has 0 saturated carbocycles. The number of rotatable bonds is 4. The molecule has 0 aliphatic carbocycles. The van der Waals surface area contributed by atoms with Crippen LogP contribution in [0.3, 0.4) is 0 Å². The van der Waals surface area contributed by atoms with Crippen molar-refractivity contribution in [3.8, 4) is 0 Å². The van der Waals surface area contributed by atoms with E-state index in [0.29, 0.717) is 6.04 Å². The highest BCUT2D eigenvalue weighted by atomic mass is 16.5. The molecule has 1 aliphatic heterocycles. The van der Waals surface area contributed by atoms with Gasteiger partial charge in [-0.1, -0.05) is 6.92 Å². The molecule has 82 valence electrons. The first-order chi connectivity index (χ1) is 6.70. The number of carbonyl (C=O) groups excluding carboxylic acids is 1. The lowest BCUT2D eigenvalue weighted by atomic mass is 9.96. The average Bonchev–Trinajstić information content (AvgIpc) is 2.71. The molecule has 0 bridgehead atoms. The summed E-state index contributed by atoms with van der Waals surface area (Å²) in [6.45, 7) is 2.94. The predicted octanol–water partition coefficient (Wildman–Crippen LogP) is 0.135. The predicted molar refractivity (Wildman–Crippen MR) is 55.1 cm³/mol. The van der Waals surface area contributed by atoms with E-state index in [-0.39, 0.29) is 17.9 Å². The number of ether oxygens (including phenoxy) is 1. The summed E-state index contributed by atoms with van der Waals surface area (Å²) in [5.41, 5.74) is 0. The SMILES string of the molecule is CNC(=O)C(C)C(OC)[C@@H]1CCCN1. The smallest absolute Gasteiger partial charge is 0.225 e. The van der Waals surface area contributed by atoms with E-state index in [0.717, 1.165) is 13.0 Å². The van der Waals surface area contributed by atoms with Gasteiger partial charge in [0, 0.05) is 20.2 Å². The van der Waals surface area contributed by atoms with Crippen LogP contribution in [0.15, 0.2) is 0 Å². The second-order valence-electron chi connectivity index (χ2n) is 3.81. The van der Waals surface area contributed by atoms with Gasteiger partial charge in [-0.25, -0.2) is 0 Å². The standard InChI is InChI=1S/C10H20N2O2/c1-7(10(13)11-2)9(14-3)8-5-4-6-12-8/h7-9,12H,4-6H2,1-3H3,(H,11,13)/t7?,8-,9?/m0/s1. The summed E-state index contributed by atoms with van der Waals surface area (Å²) in [7, 11) is 3.33. The zero-order valence-corrected chi connectivity index (χ0v) is 9.17. The third kappa shape index (κ3) is 2.45. The monoisotopic (exact) mass is 200 g/mol. The summed E-state index contributed by atoms with van der Waals surface area (Å²) in [6, 6.07) is 0.326. The molecule has 0 aromatic heterocycles. The van der Waals surface area contributed by atoms with E-state index < -0.39 is 0 Å². The van der Waals surface area contributed by atoms with Crippen molar-refractivity contribution in [3.63, 3.8) is 0 Å². The van der Waals surface area contributed by atoms with Gasteiger partial charge < -0.3 is 15.4 Å². The van der Waals surface area contributed by atoms with Gasteiger partial charge in [0.15, 0.2) is 0 Å². The van der Waals surface area contributed by atoms with Crippen LogP contribution in [0.1, 0.15) is 19.8 Å². The normalized spacial score (nSPS) is 25.8. The summed E-state index contributed by atoms with van der Waals surface area (Å²) in [5, 5.41) is 6.02. The quantitative estimate of drug-likeness (QED) is 0.678. The molecule has 1 heterocycles. The second kappa shape index (κ2) is 5.32. The molecule has 1 amide bonds. The lowest BCUT2D eigenvalue weighted by molar-refractivity contribution is -0.129. The van der Waals surface area contributed by atoms with Gasteiger partial charge in [0.25, 0.3) is 0 Å². The lowest BCUT2D eigenvalue weighted by Crippen LogP contribution is -2.45. The third-order valence-electron chi connectivity index (χ3n) is 2.92.